The van der Waals surface area contributed by atoms with Gasteiger partial charge >= 0.3 is 0 Å². The summed E-state index contributed by atoms with van der Waals surface area (Å²) in [4.78, 5) is 0. The Labute approximate surface area is 136 Å². The molecule has 0 bridgehead atoms. The molecule has 23 heavy (non-hydrogen) atoms. The molecule has 3 aromatic carbocycles. The summed E-state index contributed by atoms with van der Waals surface area (Å²) < 4.78 is 5.14. The fourth-order valence-electron chi connectivity index (χ4n) is 2.42. The molecule has 0 amide bonds. The predicted octanol–water partition coefficient (Wildman–Crippen LogP) is 4.30. The van der Waals surface area contributed by atoms with E-state index in [4.69, 9.17) is 4.74 Å². The smallest absolute Gasteiger partial charge is 0.118 e. The van der Waals surface area contributed by atoms with Crippen LogP contribution < -0.4 is 4.74 Å². The monoisotopic (exact) mass is 302 g/mol. The van der Waals surface area contributed by atoms with Crippen LogP contribution in [0.15, 0.2) is 60.7 Å². The lowest BCUT2D eigenvalue weighted by Crippen LogP contribution is -1.90. The number of benzene rings is 3. The molecule has 0 heterocycles. The molecule has 2 nitrogen and oxygen atoms in total. The van der Waals surface area contributed by atoms with Gasteiger partial charge in [-0.05, 0) is 65.7 Å². The SMILES string of the molecule is COc1ccc(C#Cc2ccc3cc(C(C)O)ccc3c2)cc1. The maximum Gasteiger partial charge on any atom is 0.118 e. The van der Waals surface area contributed by atoms with Crippen LogP contribution in [0.2, 0.25) is 0 Å². The Bertz CT molecular complexity index is 881. The van der Waals surface area contributed by atoms with Crippen molar-refractivity contribution in [2.45, 2.75) is 13.0 Å². The van der Waals surface area contributed by atoms with Gasteiger partial charge < -0.3 is 9.84 Å². The molecule has 0 spiro atoms. The van der Waals surface area contributed by atoms with Gasteiger partial charge in [-0.2, -0.15) is 0 Å². The van der Waals surface area contributed by atoms with E-state index in [1.807, 2.05) is 54.6 Å². The third-order valence-corrected chi connectivity index (χ3v) is 3.79. The van der Waals surface area contributed by atoms with Gasteiger partial charge in [-0.15, -0.1) is 0 Å². The van der Waals surface area contributed by atoms with E-state index in [0.717, 1.165) is 33.2 Å². The van der Waals surface area contributed by atoms with Crippen LogP contribution in [0.5, 0.6) is 5.75 Å². The molecule has 1 atom stereocenters. The van der Waals surface area contributed by atoms with Crippen LogP contribution in [-0.2, 0) is 0 Å². The average Bonchev–Trinajstić information content (AvgIpc) is 2.59. The Kier molecular flexibility index (Phi) is 4.32. The van der Waals surface area contributed by atoms with Crippen molar-refractivity contribution in [1.29, 1.82) is 0 Å². The topological polar surface area (TPSA) is 29.5 Å². The molecule has 0 aliphatic heterocycles. The molecule has 2 heteroatoms. The van der Waals surface area contributed by atoms with E-state index in [9.17, 15) is 5.11 Å². The normalized spacial score (nSPS) is 11.6. The first kappa shape index (κ1) is 15.1. The van der Waals surface area contributed by atoms with Crippen molar-refractivity contribution in [3.8, 4) is 17.6 Å². The molecule has 114 valence electrons. The summed E-state index contributed by atoms with van der Waals surface area (Å²) in [6, 6.07) is 19.8. The van der Waals surface area contributed by atoms with E-state index in [2.05, 4.69) is 17.9 Å². The third kappa shape index (κ3) is 3.53. The summed E-state index contributed by atoms with van der Waals surface area (Å²) in [6.07, 6.45) is -0.450. The Morgan fingerprint density at radius 3 is 2.13 bits per heavy atom. The predicted molar refractivity (Wildman–Crippen MR) is 93.6 cm³/mol. The van der Waals surface area contributed by atoms with Crippen LogP contribution in [0, 0.1) is 11.8 Å². The number of aliphatic hydroxyl groups is 1. The zero-order chi connectivity index (χ0) is 16.2. The number of methoxy groups -OCH3 is 1. The number of hydrogen-bond donors (Lipinski definition) is 1. The fraction of sp³-hybridized carbons (Fsp3) is 0.143. The minimum Gasteiger partial charge on any atom is -0.497 e. The first-order valence-electron chi connectivity index (χ1n) is 7.53. The first-order valence-corrected chi connectivity index (χ1v) is 7.53. The highest BCUT2D eigenvalue weighted by Gasteiger charge is 2.02. The molecule has 3 aromatic rings. The van der Waals surface area contributed by atoms with Gasteiger partial charge in [-0.3, -0.25) is 0 Å². The van der Waals surface area contributed by atoms with E-state index in [-0.39, 0.29) is 0 Å². The molecular weight excluding hydrogens is 284 g/mol. The standard InChI is InChI=1S/C21H18O2/c1-15(22)18-9-10-19-13-17(5-8-20(19)14-18)4-3-16-6-11-21(23-2)12-7-16/h5-15,22H,1-2H3. The Balaban J connectivity index is 1.89. The van der Waals surface area contributed by atoms with E-state index >= 15 is 0 Å². The van der Waals surface area contributed by atoms with Gasteiger partial charge in [0, 0.05) is 11.1 Å². The van der Waals surface area contributed by atoms with Gasteiger partial charge in [0.2, 0.25) is 0 Å². The maximum absolute atomic E-state index is 9.65. The lowest BCUT2D eigenvalue weighted by atomic mass is 10.0. The highest BCUT2D eigenvalue weighted by molar-refractivity contribution is 5.84. The Hall–Kier alpha value is -2.76. The number of ether oxygens (including phenoxy) is 1. The number of rotatable bonds is 2. The molecular formula is C21H18O2. The van der Waals surface area contributed by atoms with Crippen LogP contribution in [0.4, 0.5) is 0 Å². The van der Waals surface area contributed by atoms with Gasteiger partial charge in [0.15, 0.2) is 0 Å². The molecule has 0 radical (unpaired) electrons. The summed E-state index contributed by atoms with van der Waals surface area (Å²) in [5.74, 6) is 7.18. The molecule has 1 unspecified atom stereocenters. The molecule has 0 aromatic heterocycles. The van der Waals surface area contributed by atoms with Gasteiger partial charge in [-0.1, -0.05) is 30.0 Å². The zero-order valence-corrected chi connectivity index (χ0v) is 13.2. The largest absolute Gasteiger partial charge is 0.497 e. The Morgan fingerprint density at radius 1 is 0.826 bits per heavy atom. The van der Waals surface area contributed by atoms with Crippen LogP contribution in [0.25, 0.3) is 10.8 Å². The van der Waals surface area contributed by atoms with Crippen LogP contribution in [-0.4, -0.2) is 12.2 Å². The minimum absolute atomic E-state index is 0.450. The van der Waals surface area contributed by atoms with Gasteiger partial charge in [0.1, 0.15) is 5.75 Å². The zero-order valence-electron chi connectivity index (χ0n) is 13.2. The number of aliphatic hydroxyl groups excluding tert-OH is 1. The van der Waals surface area contributed by atoms with E-state index in [0.29, 0.717) is 0 Å². The number of hydrogen-bond acceptors (Lipinski definition) is 2. The van der Waals surface area contributed by atoms with Crippen LogP contribution in [0.3, 0.4) is 0 Å². The van der Waals surface area contributed by atoms with Crippen molar-refractivity contribution >= 4 is 10.8 Å². The summed E-state index contributed by atoms with van der Waals surface area (Å²) in [6.45, 7) is 1.77. The maximum atomic E-state index is 9.65. The van der Waals surface area contributed by atoms with Crippen molar-refractivity contribution in [2.75, 3.05) is 7.11 Å². The molecule has 0 aliphatic carbocycles. The average molecular weight is 302 g/mol. The molecule has 0 saturated carbocycles. The highest BCUT2D eigenvalue weighted by atomic mass is 16.5. The summed E-state index contributed by atoms with van der Waals surface area (Å²) in [5.41, 5.74) is 2.85. The molecule has 0 aliphatic rings. The lowest BCUT2D eigenvalue weighted by Gasteiger charge is -2.06. The van der Waals surface area contributed by atoms with E-state index < -0.39 is 6.10 Å². The Morgan fingerprint density at radius 2 is 1.43 bits per heavy atom. The summed E-state index contributed by atoms with van der Waals surface area (Å²) in [5, 5.41) is 11.9. The quantitative estimate of drug-likeness (QED) is 0.715. The molecule has 1 N–H and O–H groups in total. The lowest BCUT2D eigenvalue weighted by molar-refractivity contribution is 0.199. The second kappa shape index (κ2) is 6.56. The second-order valence-electron chi connectivity index (χ2n) is 5.48. The van der Waals surface area contributed by atoms with Crippen molar-refractivity contribution in [3.63, 3.8) is 0 Å². The minimum atomic E-state index is -0.450. The van der Waals surface area contributed by atoms with Crippen molar-refractivity contribution in [1.82, 2.24) is 0 Å². The molecule has 0 saturated heterocycles. The fourth-order valence-corrected chi connectivity index (χ4v) is 2.42. The van der Waals surface area contributed by atoms with E-state index in [1.165, 1.54) is 0 Å². The van der Waals surface area contributed by atoms with Crippen molar-refractivity contribution in [3.05, 3.63) is 77.4 Å². The van der Waals surface area contributed by atoms with Crippen LogP contribution >= 0.6 is 0 Å². The van der Waals surface area contributed by atoms with Gasteiger partial charge in [0.05, 0.1) is 13.2 Å². The summed E-state index contributed by atoms with van der Waals surface area (Å²) >= 11 is 0. The van der Waals surface area contributed by atoms with Crippen molar-refractivity contribution in [2.24, 2.45) is 0 Å². The third-order valence-electron chi connectivity index (χ3n) is 3.79. The van der Waals surface area contributed by atoms with Crippen molar-refractivity contribution < 1.29 is 9.84 Å². The molecule has 0 fully saturated rings. The number of fused-ring (bicyclic) bond motifs is 1. The highest BCUT2D eigenvalue weighted by Crippen LogP contribution is 2.21. The van der Waals surface area contributed by atoms with Crippen LogP contribution in [0.1, 0.15) is 29.7 Å². The summed E-state index contributed by atoms with van der Waals surface area (Å²) in [7, 11) is 1.65. The van der Waals surface area contributed by atoms with E-state index in [1.54, 1.807) is 14.0 Å². The molecule has 3 rings (SSSR count). The van der Waals surface area contributed by atoms with Gasteiger partial charge in [-0.25, -0.2) is 0 Å². The first-order chi connectivity index (χ1) is 11.2. The second-order valence-corrected chi connectivity index (χ2v) is 5.48. The van der Waals surface area contributed by atoms with Gasteiger partial charge in [0.25, 0.3) is 0 Å².